The molecule has 1 aliphatic heterocycles. The Hall–Kier alpha value is -2.57. The Morgan fingerprint density at radius 2 is 2.24 bits per heavy atom. The number of piperidine rings is 1. The molecule has 0 unspecified atom stereocenters. The summed E-state index contributed by atoms with van der Waals surface area (Å²) in [6.45, 7) is 3.74. The highest BCUT2D eigenvalue weighted by molar-refractivity contribution is 5.80. The van der Waals surface area contributed by atoms with E-state index in [0.29, 0.717) is 32.7 Å². The number of amides is 2. The van der Waals surface area contributed by atoms with Gasteiger partial charge in [-0.05, 0) is 31.9 Å². The second-order valence-electron chi connectivity index (χ2n) is 6.23. The maximum Gasteiger partial charge on any atom is 0.409 e. The minimum Gasteiger partial charge on any atom is -0.450 e. The molecule has 7 heteroatoms. The summed E-state index contributed by atoms with van der Waals surface area (Å²) >= 11 is 0. The summed E-state index contributed by atoms with van der Waals surface area (Å²) in [7, 11) is 0. The van der Waals surface area contributed by atoms with Gasteiger partial charge in [0.2, 0.25) is 5.91 Å². The number of aromatic amines is 1. The number of imidazole rings is 1. The molecule has 1 atom stereocenters. The monoisotopic (exact) mass is 344 g/mol. The van der Waals surface area contributed by atoms with Crippen LogP contribution in [0.1, 0.15) is 25.6 Å². The van der Waals surface area contributed by atoms with Crippen molar-refractivity contribution in [1.29, 1.82) is 0 Å². The predicted octanol–water partition coefficient (Wildman–Crippen LogP) is 2.09. The van der Waals surface area contributed by atoms with Gasteiger partial charge in [0, 0.05) is 26.1 Å². The lowest BCUT2D eigenvalue weighted by Gasteiger charge is -2.31. The van der Waals surface area contributed by atoms with E-state index in [1.165, 1.54) is 0 Å². The van der Waals surface area contributed by atoms with E-state index in [2.05, 4.69) is 15.3 Å². The summed E-state index contributed by atoms with van der Waals surface area (Å²) in [6.07, 6.45) is 1.93. The maximum absolute atomic E-state index is 12.4. The van der Waals surface area contributed by atoms with Crippen LogP contribution in [-0.4, -0.2) is 53.1 Å². The smallest absolute Gasteiger partial charge is 0.409 e. The molecule has 1 aliphatic rings. The average molecular weight is 344 g/mol. The number of hydrogen-bond donors (Lipinski definition) is 2. The van der Waals surface area contributed by atoms with Gasteiger partial charge in [0.05, 0.1) is 23.6 Å². The number of nitrogens with zero attached hydrogens (tertiary/aromatic N) is 2. The zero-order valence-corrected chi connectivity index (χ0v) is 14.5. The number of para-hydroxylation sites is 2. The van der Waals surface area contributed by atoms with Gasteiger partial charge < -0.3 is 19.9 Å². The molecular weight excluding hydrogens is 320 g/mol. The zero-order valence-electron chi connectivity index (χ0n) is 14.5. The molecule has 3 rings (SSSR count). The number of nitrogens with one attached hydrogen (secondary N) is 2. The fraction of sp³-hybridized carbons (Fsp3) is 0.500. The van der Waals surface area contributed by atoms with E-state index in [1.807, 2.05) is 24.3 Å². The van der Waals surface area contributed by atoms with Gasteiger partial charge in [0.25, 0.3) is 0 Å². The van der Waals surface area contributed by atoms with Crippen LogP contribution in [0.5, 0.6) is 0 Å². The first-order chi connectivity index (χ1) is 12.2. The maximum atomic E-state index is 12.4. The van der Waals surface area contributed by atoms with Crippen LogP contribution in [0.2, 0.25) is 0 Å². The lowest BCUT2D eigenvalue weighted by Crippen LogP contribution is -2.46. The molecule has 7 nitrogen and oxygen atoms in total. The third kappa shape index (κ3) is 4.29. The zero-order chi connectivity index (χ0) is 17.6. The summed E-state index contributed by atoms with van der Waals surface area (Å²) in [6, 6.07) is 7.86. The average Bonchev–Trinajstić information content (AvgIpc) is 3.04. The molecule has 2 aromatic rings. The van der Waals surface area contributed by atoms with Crippen molar-refractivity contribution in [3.05, 3.63) is 30.1 Å². The lowest BCUT2D eigenvalue weighted by atomic mass is 9.97. The summed E-state index contributed by atoms with van der Waals surface area (Å²) in [5.41, 5.74) is 1.93. The van der Waals surface area contributed by atoms with Crippen LogP contribution in [0, 0.1) is 5.92 Å². The first kappa shape index (κ1) is 17.3. The predicted molar refractivity (Wildman–Crippen MR) is 94.1 cm³/mol. The SMILES string of the molecule is CCOC(=O)N1CCC[C@@H](C(=O)NCCc2nc3ccccc3[nH]2)C1. The van der Waals surface area contributed by atoms with E-state index in [9.17, 15) is 9.59 Å². The molecule has 0 saturated carbocycles. The van der Waals surface area contributed by atoms with Crippen LogP contribution in [0.25, 0.3) is 11.0 Å². The van der Waals surface area contributed by atoms with E-state index in [-0.39, 0.29) is 17.9 Å². The molecule has 1 fully saturated rings. The van der Waals surface area contributed by atoms with Gasteiger partial charge in [0.15, 0.2) is 0 Å². The Morgan fingerprint density at radius 3 is 3.04 bits per heavy atom. The number of carbonyl (C=O) groups is 2. The molecule has 25 heavy (non-hydrogen) atoms. The summed E-state index contributed by atoms with van der Waals surface area (Å²) < 4.78 is 5.02. The number of benzene rings is 1. The number of H-pyrrole nitrogens is 1. The summed E-state index contributed by atoms with van der Waals surface area (Å²) in [5.74, 6) is 0.678. The molecule has 0 spiro atoms. The Morgan fingerprint density at radius 1 is 1.40 bits per heavy atom. The molecule has 1 saturated heterocycles. The van der Waals surface area contributed by atoms with Crippen molar-refractivity contribution in [2.24, 2.45) is 5.92 Å². The second-order valence-corrected chi connectivity index (χ2v) is 6.23. The van der Waals surface area contributed by atoms with Crippen LogP contribution in [-0.2, 0) is 16.0 Å². The van der Waals surface area contributed by atoms with Crippen LogP contribution in [0.15, 0.2) is 24.3 Å². The van der Waals surface area contributed by atoms with Gasteiger partial charge in [-0.2, -0.15) is 0 Å². The Bertz CT molecular complexity index is 710. The number of ether oxygens (including phenoxy) is 1. The molecule has 0 aliphatic carbocycles. The van der Waals surface area contributed by atoms with Gasteiger partial charge in [-0.3, -0.25) is 4.79 Å². The van der Waals surface area contributed by atoms with Crippen molar-refractivity contribution in [1.82, 2.24) is 20.2 Å². The third-order valence-corrected chi connectivity index (χ3v) is 4.42. The number of carbonyl (C=O) groups excluding carboxylic acids is 2. The fourth-order valence-electron chi connectivity index (χ4n) is 3.14. The van der Waals surface area contributed by atoms with Gasteiger partial charge in [-0.25, -0.2) is 9.78 Å². The van der Waals surface area contributed by atoms with Crippen molar-refractivity contribution in [3.8, 4) is 0 Å². The van der Waals surface area contributed by atoms with Crippen LogP contribution in [0.4, 0.5) is 4.79 Å². The molecule has 2 N–H and O–H groups in total. The minimum absolute atomic E-state index is 0.00916. The third-order valence-electron chi connectivity index (χ3n) is 4.42. The number of aromatic nitrogens is 2. The molecule has 1 aromatic heterocycles. The fourth-order valence-corrected chi connectivity index (χ4v) is 3.14. The van der Waals surface area contributed by atoms with Gasteiger partial charge in [-0.15, -0.1) is 0 Å². The molecule has 2 amide bonds. The standard InChI is InChI=1S/C18H24N4O3/c1-2-25-18(24)22-11-5-6-13(12-22)17(23)19-10-9-16-20-14-7-3-4-8-15(14)21-16/h3-4,7-8,13H,2,5-6,9-12H2,1H3,(H,19,23)(H,20,21)/t13-/m1/s1. The number of hydrogen-bond acceptors (Lipinski definition) is 4. The molecule has 0 radical (unpaired) electrons. The second kappa shape index (κ2) is 8.00. The number of fused-ring (bicyclic) bond motifs is 1. The molecular formula is C18H24N4O3. The highest BCUT2D eigenvalue weighted by atomic mass is 16.6. The Kier molecular flexibility index (Phi) is 5.53. The molecule has 2 heterocycles. The van der Waals surface area contributed by atoms with Gasteiger partial charge in [0.1, 0.15) is 5.82 Å². The Balaban J connectivity index is 1.47. The van der Waals surface area contributed by atoms with Gasteiger partial charge in [-0.1, -0.05) is 12.1 Å². The van der Waals surface area contributed by atoms with Crippen LogP contribution in [0.3, 0.4) is 0 Å². The number of likely N-dealkylation sites (tertiary alicyclic amines) is 1. The van der Waals surface area contributed by atoms with Crippen molar-refractivity contribution < 1.29 is 14.3 Å². The quantitative estimate of drug-likeness (QED) is 0.869. The molecule has 134 valence electrons. The van der Waals surface area contributed by atoms with Crippen molar-refractivity contribution in [2.75, 3.05) is 26.2 Å². The highest BCUT2D eigenvalue weighted by Gasteiger charge is 2.28. The number of rotatable bonds is 5. The van der Waals surface area contributed by atoms with Crippen molar-refractivity contribution >= 4 is 23.0 Å². The van der Waals surface area contributed by atoms with E-state index in [0.717, 1.165) is 29.7 Å². The van der Waals surface area contributed by atoms with E-state index in [1.54, 1.807) is 11.8 Å². The normalized spacial score (nSPS) is 17.5. The van der Waals surface area contributed by atoms with Crippen LogP contribution < -0.4 is 5.32 Å². The largest absolute Gasteiger partial charge is 0.450 e. The molecule has 0 bridgehead atoms. The van der Waals surface area contributed by atoms with E-state index >= 15 is 0 Å². The van der Waals surface area contributed by atoms with Crippen LogP contribution >= 0.6 is 0 Å². The minimum atomic E-state index is -0.331. The summed E-state index contributed by atoms with van der Waals surface area (Å²) in [4.78, 5) is 33.6. The van der Waals surface area contributed by atoms with Gasteiger partial charge >= 0.3 is 6.09 Å². The van der Waals surface area contributed by atoms with E-state index < -0.39 is 0 Å². The molecule has 1 aromatic carbocycles. The first-order valence-corrected chi connectivity index (χ1v) is 8.80. The Labute approximate surface area is 146 Å². The van der Waals surface area contributed by atoms with Crippen molar-refractivity contribution in [3.63, 3.8) is 0 Å². The first-order valence-electron chi connectivity index (χ1n) is 8.80. The van der Waals surface area contributed by atoms with Crippen molar-refractivity contribution in [2.45, 2.75) is 26.2 Å². The highest BCUT2D eigenvalue weighted by Crippen LogP contribution is 2.17. The topological polar surface area (TPSA) is 87.3 Å². The summed E-state index contributed by atoms with van der Waals surface area (Å²) in [5, 5.41) is 2.96. The lowest BCUT2D eigenvalue weighted by molar-refractivity contribution is -0.126. The van der Waals surface area contributed by atoms with E-state index in [4.69, 9.17) is 4.74 Å².